The lowest BCUT2D eigenvalue weighted by atomic mass is 10.2. The summed E-state index contributed by atoms with van der Waals surface area (Å²) in [6.45, 7) is 0. The number of aromatic nitrogens is 3. The molecular formula is C17H9Cl2N3OS. The van der Waals surface area contributed by atoms with E-state index in [1.807, 2.05) is 30.3 Å². The molecule has 24 heavy (non-hydrogen) atoms. The van der Waals surface area contributed by atoms with E-state index in [4.69, 9.17) is 23.2 Å². The lowest BCUT2D eigenvalue weighted by molar-refractivity contribution is 0.937. The van der Waals surface area contributed by atoms with Crippen LogP contribution in [-0.4, -0.2) is 14.6 Å². The van der Waals surface area contributed by atoms with E-state index in [9.17, 15) is 4.79 Å². The van der Waals surface area contributed by atoms with Crippen LogP contribution in [0.3, 0.4) is 0 Å². The van der Waals surface area contributed by atoms with E-state index in [1.54, 1.807) is 24.3 Å². The molecule has 0 aliphatic rings. The molecule has 2 aromatic heterocycles. The van der Waals surface area contributed by atoms with Gasteiger partial charge in [0, 0.05) is 21.2 Å². The van der Waals surface area contributed by atoms with Crippen molar-refractivity contribution in [2.45, 2.75) is 0 Å². The number of hydrogen-bond donors (Lipinski definition) is 0. The van der Waals surface area contributed by atoms with Crippen molar-refractivity contribution >= 4 is 45.6 Å². The molecule has 0 saturated carbocycles. The van der Waals surface area contributed by atoms with E-state index in [-0.39, 0.29) is 5.56 Å². The van der Waals surface area contributed by atoms with Gasteiger partial charge < -0.3 is 0 Å². The number of nitrogens with zero attached hydrogens (tertiary/aromatic N) is 3. The SMILES string of the molecule is O=c1/c(=C/c2c(Cl)cccc2Cl)sc2nc(-c3ccccc3)nn12. The van der Waals surface area contributed by atoms with Crippen LogP contribution in [0.25, 0.3) is 22.4 Å². The molecule has 0 unspecified atom stereocenters. The first kappa shape index (κ1) is 15.3. The molecule has 0 aliphatic heterocycles. The quantitative estimate of drug-likeness (QED) is 0.538. The molecule has 0 spiro atoms. The minimum Gasteiger partial charge on any atom is -0.266 e. The minimum absolute atomic E-state index is 0.235. The predicted molar refractivity (Wildman–Crippen MR) is 97.8 cm³/mol. The van der Waals surface area contributed by atoms with Crippen LogP contribution < -0.4 is 10.1 Å². The number of fused-ring (bicyclic) bond motifs is 1. The van der Waals surface area contributed by atoms with E-state index < -0.39 is 0 Å². The maximum atomic E-state index is 12.6. The second kappa shape index (κ2) is 6.02. The number of halogens is 2. The Kier molecular flexibility index (Phi) is 3.84. The topological polar surface area (TPSA) is 47.3 Å². The average molecular weight is 374 g/mol. The molecule has 4 nitrogen and oxygen atoms in total. The fourth-order valence-electron chi connectivity index (χ4n) is 2.32. The highest BCUT2D eigenvalue weighted by molar-refractivity contribution is 7.15. The van der Waals surface area contributed by atoms with Crippen LogP contribution in [0.15, 0.2) is 53.3 Å². The van der Waals surface area contributed by atoms with Gasteiger partial charge in [0.25, 0.3) is 5.56 Å². The second-order valence-electron chi connectivity index (χ2n) is 5.05. The van der Waals surface area contributed by atoms with Gasteiger partial charge in [-0.15, -0.1) is 5.10 Å². The lowest BCUT2D eigenvalue weighted by Crippen LogP contribution is -2.23. The summed E-state index contributed by atoms with van der Waals surface area (Å²) in [5.74, 6) is 0.529. The van der Waals surface area contributed by atoms with Crippen molar-refractivity contribution in [2.24, 2.45) is 0 Å². The monoisotopic (exact) mass is 373 g/mol. The molecule has 0 bridgehead atoms. The molecule has 0 N–H and O–H groups in total. The van der Waals surface area contributed by atoms with Gasteiger partial charge in [0.15, 0.2) is 5.82 Å². The first-order chi connectivity index (χ1) is 11.6. The molecule has 0 aliphatic carbocycles. The van der Waals surface area contributed by atoms with Crippen LogP contribution in [0.2, 0.25) is 10.0 Å². The zero-order valence-corrected chi connectivity index (χ0v) is 14.4. The minimum atomic E-state index is -0.235. The molecule has 0 atom stereocenters. The van der Waals surface area contributed by atoms with Crippen LogP contribution in [0, 0.1) is 0 Å². The summed E-state index contributed by atoms with van der Waals surface area (Å²) in [5, 5.41) is 5.29. The number of thiazole rings is 1. The summed E-state index contributed by atoms with van der Waals surface area (Å²) in [4.78, 5) is 17.5. The van der Waals surface area contributed by atoms with Crippen molar-refractivity contribution < 1.29 is 0 Å². The summed E-state index contributed by atoms with van der Waals surface area (Å²) in [5.41, 5.74) is 1.25. The van der Waals surface area contributed by atoms with E-state index in [0.717, 1.165) is 5.56 Å². The van der Waals surface area contributed by atoms with Crippen molar-refractivity contribution in [1.29, 1.82) is 0 Å². The zero-order chi connectivity index (χ0) is 16.7. The van der Waals surface area contributed by atoms with Crippen LogP contribution in [-0.2, 0) is 0 Å². The standard InChI is InChI=1S/C17H9Cl2N3OS/c18-12-7-4-8-13(19)11(12)9-14-16(23)22-17(24-14)20-15(21-22)10-5-2-1-3-6-10/h1-9H/b14-9-. The molecule has 2 aromatic carbocycles. The van der Waals surface area contributed by atoms with Gasteiger partial charge in [0.1, 0.15) is 0 Å². The van der Waals surface area contributed by atoms with Gasteiger partial charge >= 0.3 is 0 Å². The maximum absolute atomic E-state index is 12.6. The van der Waals surface area contributed by atoms with Gasteiger partial charge in [-0.2, -0.15) is 9.50 Å². The van der Waals surface area contributed by atoms with Gasteiger partial charge in [-0.3, -0.25) is 4.79 Å². The molecule has 0 fully saturated rings. The number of rotatable bonds is 2. The maximum Gasteiger partial charge on any atom is 0.291 e. The molecule has 0 saturated heterocycles. The van der Waals surface area contributed by atoms with Crippen LogP contribution in [0.1, 0.15) is 5.56 Å². The van der Waals surface area contributed by atoms with Gasteiger partial charge in [0.05, 0.1) is 4.53 Å². The second-order valence-corrected chi connectivity index (χ2v) is 6.87. The summed E-state index contributed by atoms with van der Waals surface area (Å²) < 4.78 is 1.79. The van der Waals surface area contributed by atoms with Crippen molar-refractivity contribution in [3.63, 3.8) is 0 Å². The van der Waals surface area contributed by atoms with Gasteiger partial charge in [-0.05, 0) is 18.2 Å². The highest BCUT2D eigenvalue weighted by Crippen LogP contribution is 2.24. The van der Waals surface area contributed by atoms with Gasteiger partial charge in [-0.1, -0.05) is 70.9 Å². The Hall–Kier alpha value is -2.21. The normalized spacial score (nSPS) is 12.2. The Morgan fingerprint density at radius 3 is 2.38 bits per heavy atom. The summed E-state index contributed by atoms with van der Waals surface area (Å²) in [6.07, 6.45) is 1.68. The Balaban J connectivity index is 1.88. The first-order valence-corrected chi connectivity index (χ1v) is 8.61. The van der Waals surface area contributed by atoms with Crippen LogP contribution >= 0.6 is 34.5 Å². The number of benzene rings is 2. The average Bonchev–Trinajstić information content (AvgIpc) is 3.12. The molecule has 4 rings (SSSR count). The van der Waals surface area contributed by atoms with E-state index in [0.29, 0.717) is 30.9 Å². The molecule has 0 radical (unpaired) electrons. The van der Waals surface area contributed by atoms with Crippen molar-refractivity contribution in [2.75, 3.05) is 0 Å². The van der Waals surface area contributed by atoms with Gasteiger partial charge in [-0.25, -0.2) is 0 Å². The fraction of sp³-hybridized carbons (Fsp3) is 0. The van der Waals surface area contributed by atoms with Crippen molar-refractivity contribution in [3.8, 4) is 11.4 Å². The summed E-state index contributed by atoms with van der Waals surface area (Å²) >= 11 is 13.6. The molecule has 118 valence electrons. The van der Waals surface area contributed by atoms with Crippen LogP contribution in [0.4, 0.5) is 0 Å². The fourth-order valence-corrected chi connectivity index (χ4v) is 3.72. The Bertz CT molecular complexity index is 1130. The highest BCUT2D eigenvalue weighted by atomic mass is 35.5. The Morgan fingerprint density at radius 2 is 1.71 bits per heavy atom. The Morgan fingerprint density at radius 1 is 1.00 bits per heavy atom. The lowest BCUT2D eigenvalue weighted by Gasteiger charge is -1.99. The zero-order valence-electron chi connectivity index (χ0n) is 12.1. The number of hydrogen-bond acceptors (Lipinski definition) is 4. The van der Waals surface area contributed by atoms with E-state index in [1.165, 1.54) is 15.9 Å². The van der Waals surface area contributed by atoms with Crippen molar-refractivity contribution in [3.05, 3.63) is 79.0 Å². The molecule has 7 heteroatoms. The molecular weight excluding hydrogens is 365 g/mol. The van der Waals surface area contributed by atoms with E-state index in [2.05, 4.69) is 10.1 Å². The Labute approximate surface area is 150 Å². The summed E-state index contributed by atoms with van der Waals surface area (Å²) in [6, 6.07) is 14.8. The summed E-state index contributed by atoms with van der Waals surface area (Å²) in [7, 11) is 0. The largest absolute Gasteiger partial charge is 0.291 e. The molecule has 4 aromatic rings. The van der Waals surface area contributed by atoms with Crippen LogP contribution in [0.5, 0.6) is 0 Å². The third kappa shape index (κ3) is 2.60. The highest BCUT2D eigenvalue weighted by Gasteiger charge is 2.12. The predicted octanol–water partition coefficient (Wildman–Crippen LogP) is 3.67. The van der Waals surface area contributed by atoms with Crippen molar-refractivity contribution in [1.82, 2.24) is 14.6 Å². The smallest absolute Gasteiger partial charge is 0.266 e. The molecule has 0 amide bonds. The molecule has 2 heterocycles. The van der Waals surface area contributed by atoms with Gasteiger partial charge in [0.2, 0.25) is 4.96 Å². The first-order valence-electron chi connectivity index (χ1n) is 7.04. The third-order valence-corrected chi connectivity index (χ3v) is 5.11. The van der Waals surface area contributed by atoms with E-state index >= 15 is 0 Å². The third-order valence-electron chi connectivity index (χ3n) is 3.49.